The molecule has 0 aliphatic carbocycles. The van der Waals surface area contributed by atoms with E-state index in [1.54, 1.807) is 0 Å². The van der Waals surface area contributed by atoms with Crippen LogP contribution in [0.25, 0.3) is 0 Å². The Labute approximate surface area is 205 Å². The molecule has 3 heterocycles. The summed E-state index contributed by atoms with van der Waals surface area (Å²) in [6, 6.07) is 7.51. The van der Waals surface area contributed by atoms with Gasteiger partial charge < -0.3 is 10.2 Å². The first-order chi connectivity index (χ1) is 17.1. The van der Waals surface area contributed by atoms with Crippen molar-refractivity contribution in [3.05, 3.63) is 66.2 Å². The largest absolute Gasteiger partial charge is 0.417 e. The molecule has 9 nitrogen and oxygen atoms in total. The second-order valence-electron chi connectivity index (χ2n) is 8.18. The van der Waals surface area contributed by atoms with Crippen LogP contribution < -0.4 is 14.9 Å². The molecule has 0 atom stereocenters. The number of carbonyl (C=O) groups is 1. The summed E-state index contributed by atoms with van der Waals surface area (Å²) in [6.45, 7) is 1.14. The second-order valence-corrected chi connectivity index (χ2v) is 9.86. The van der Waals surface area contributed by atoms with E-state index in [4.69, 9.17) is 0 Å². The quantitative estimate of drug-likeness (QED) is 0.497. The molecule has 3 aromatic rings. The molecule has 1 amide bonds. The van der Waals surface area contributed by atoms with Gasteiger partial charge in [-0.2, -0.15) is 13.2 Å². The zero-order valence-corrected chi connectivity index (χ0v) is 19.8. The number of hydrogen-bond donors (Lipinski definition) is 2. The van der Waals surface area contributed by atoms with Crippen LogP contribution in [0.2, 0.25) is 0 Å². The molecule has 1 saturated heterocycles. The fourth-order valence-corrected chi connectivity index (χ4v) is 4.86. The van der Waals surface area contributed by atoms with E-state index in [0.717, 1.165) is 37.9 Å². The Hall–Kier alpha value is -3.74. The fraction of sp³-hybridized carbons (Fsp3) is 0.304. The first kappa shape index (κ1) is 25.4. The number of pyridine rings is 1. The van der Waals surface area contributed by atoms with Crippen molar-refractivity contribution in [2.75, 3.05) is 28.0 Å². The first-order valence-corrected chi connectivity index (χ1v) is 12.6. The van der Waals surface area contributed by atoms with E-state index in [1.807, 2.05) is 4.90 Å². The number of rotatable bonds is 6. The molecule has 1 aromatic carbocycles. The SMILES string of the molecule is O=C(Nc1cccc(S(=O)(=O)Nc2ccncn2)c1)c1cc(C(F)(F)F)cnc1N1CCCCCC1. The van der Waals surface area contributed by atoms with E-state index in [2.05, 4.69) is 25.0 Å². The number of anilines is 3. The molecule has 2 aromatic heterocycles. The van der Waals surface area contributed by atoms with Crippen LogP contribution in [-0.4, -0.2) is 42.4 Å². The number of alkyl halides is 3. The van der Waals surface area contributed by atoms with E-state index < -0.39 is 27.7 Å². The molecule has 13 heteroatoms. The number of halogens is 3. The van der Waals surface area contributed by atoms with Crippen molar-refractivity contribution < 1.29 is 26.4 Å². The molecule has 0 radical (unpaired) electrons. The maximum atomic E-state index is 13.4. The maximum absolute atomic E-state index is 13.4. The summed E-state index contributed by atoms with van der Waals surface area (Å²) < 4.78 is 67.9. The molecule has 1 aliphatic heterocycles. The summed E-state index contributed by atoms with van der Waals surface area (Å²) in [5, 5.41) is 2.52. The van der Waals surface area contributed by atoms with E-state index in [0.29, 0.717) is 13.1 Å². The normalized spacial score (nSPS) is 14.7. The van der Waals surface area contributed by atoms with Crippen LogP contribution in [-0.2, 0) is 16.2 Å². The van der Waals surface area contributed by atoms with Crippen molar-refractivity contribution in [1.29, 1.82) is 0 Å². The van der Waals surface area contributed by atoms with Crippen LogP contribution in [0.5, 0.6) is 0 Å². The minimum Gasteiger partial charge on any atom is -0.356 e. The predicted octanol–water partition coefficient (Wildman–Crippen LogP) is 4.32. The lowest BCUT2D eigenvalue weighted by Crippen LogP contribution is -2.29. The summed E-state index contributed by atoms with van der Waals surface area (Å²) in [5.41, 5.74) is -1.19. The molecule has 1 fully saturated rings. The average molecular weight is 521 g/mol. The lowest BCUT2D eigenvalue weighted by molar-refractivity contribution is -0.137. The minimum atomic E-state index is -4.68. The summed E-state index contributed by atoms with van der Waals surface area (Å²) >= 11 is 0. The van der Waals surface area contributed by atoms with Gasteiger partial charge in [0, 0.05) is 31.2 Å². The Balaban J connectivity index is 1.62. The highest BCUT2D eigenvalue weighted by molar-refractivity contribution is 7.92. The van der Waals surface area contributed by atoms with Gasteiger partial charge in [-0.15, -0.1) is 0 Å². The van der Waals surface area contributed by atoms with Gasteiger partial charge in [0.25, 0.3) is 15.9 Å². The Morgan fingerprint density at radius 1 is 1.00 bits per heavy atom. The van der Waals surface area contributed by atoms with Crippen molar-refractivity contribution in [2.45, 2.75) is 36.8 Å². The van der Waals surface area contributed by atoms with E-state index in [1.165, 1.54) is 42.9 Å². The second kappa shape index (κ2) is 10.5. The molecular weight excluding hydrogens is 497 g/mol. The molecule has 190 valence electrons. The van der Waals surface area contributed by atoms with Gasteiger partial charge in [0.2, 0.25) is 0 Å². The van der Waals surface area contributed by atoms with Crippen molar-refractivity contribution in [2.24, 2.45) is 0 Å². The third kappa shape index (κ3) is 6.08. The Morgan fingerprint density at radius 2 is 1.75 bits per heavy atom. The van der Waals surface area contributed by atoms with E-state index in [-0.39, 0.29) is 27.8 Å². The molecule has 4 rings (SSSR count). The number of amides is 1. The number of aromatic nitrogens is 3. The standard InChI is InChI=1S/C23H23F3N6O3S/c24-23(25,26)16-12-19(21(28-14-16)32-10-3-1-2-4-11-32)22(33)30-17-6-5-7-18(13-17)36(34,35)31-20-8-9-27-15-29-20/h5-9,12-15H,1-4,10-11H2,(H,30,33)(H,27,29,31). The summed E-state index contributed by atoms with van der Waals surface area (Å²) in [6.07, 6.45) is 2.24. The molecule has 36 heavy (non-hydrogen) atoms. The van der Waals surface area contributed by atoms with Crippen LogP contribution in [0.4, 0.5) is 30.5 Å². The van der Waals surface area contributed by atoms with Gasteiger partial charge in [0.1, 0.15) is 18.0 Å². The average Bonchev–Trinajstić information content (AvgIpc) is 3.13. The van der Waals surface area contributed by atoms with Crippen LogP contribution in [0.15, 0.2) is 60.0 Å². The van der Waals surface area contributed by atoms with Crippen LogP contribution in [0.3, 0.4) is 0 Å². The van der Waals surface area contributed by atoms with E-state index in [9.17, 15) is 26.4 Å². The predicted molar refractivity (Wildman–Crippen MR) is 127 cm³/mol. The van der Waals surface area contributed by atoms with Crippen molar-refractivity contribution in [1.82, 2.24) is 15.0 Å². The molecule has 0 spiro atoms. The maximum Gasteiger partial charge on any atom is 0.417 e. The highest BCUT2D eigenvalue weighted by Crippen LogP contribution is 2.32. The molecule has 1 aliphatic rings. The highest BCUT2D eigenvalue weighted by Gasteiger charge is 2.33. The fourth-order valence-electron chi connectivity index (χ4n) is 3.80. The third-order valence-electron chi connectivity index (χ3n) is 5.57. The summed E-state index contributed by atoms with van der Waals surface area (Å²) in [7, 11) is -4.05. The Kier molecular flexibility index (Phi) is 7.38. The molecule has 0 bridgehead atoms. The number of nitrogens with one attached hydrogen (secondary N) is 2. The van der Waals surface area contributed by atoms with Gasteiger partial charge in [-0.25, -0.2) is 23.4 Å². The number of hydrogen-bond acceptors (Lipinski definition) is 7. The van der Waals surface area contributed by atoms with E-state index >= 15 is 0 Å². The molecule has 2 N–H and O–H groups in total. The summed E-state index contributed by atoms with van der Waals surface area (Å²) in [5.74, 6) is -0.612. The van der Waals surface area contributed by atoms with Gasteiger partial charge in [0.05, 0.1) is 16.0 Å². The van der Waals surface area contributed by atoms with Gasteiger partial charge in [-0.3, -0.25) is 9.52 Å². The lowest BCUT2D eigenvalue weighted by atomic mass is 10.1. The monoisotopic (exact) mass is 520 g/mol. The number of sulfonamides is 1. The first-order valence-electron chi connectivity index (χ1n) is 11.2. The minimum absolute atomic E-state index is 0.0524. The zero-order valence-electron chi connectivity index (χ0n) is 19.0. The van der Waals surface area contributed by atoms with Gasteiger partial charge in [-0.1, -0.05) is 18.9 Å². The summed E-state index contributed by atoms with van der Waals surface area (Å²) in [4.78, 5) is 26.3. The lowest BCUT2D eigenvalue weighted by Gasteiger charge is -2.24. The smallest absolute Gasteiger partial charge is 0.356 e. The number of nitrogens with zero attached hydrogens (tertiary/aromatic N) is 4. The van der Waals surface area contributed by atoms with Gasteiger partial charge in [-0.05, 0) is 43.2 Å². The molecular formula is C23H23F3N6O3S. The van der Waals surface area contributed by atoms with Crippen molar-refractivity contribution in [3.8, 4) is 0 Å². The number of carbonyl (C=O) groups excluding carboxylic acids is 1. The van der Waals surface area contributed by atoms with Gasteiger partial charge in [0.15, 0.2) is 0 Å². The highest BCUT2D eigenvalue weighted by atomic mass is 32.2. The number of benzene rings is 1. The molecule has 0 unspecified atom stereocenters. The topological polar surface area (TPSA) is 117 Å². The Bertz CT molecular complexity index is 1330. The van der Waals surface area contributed by atoms with Crippen molar-refractivity contribution in [3.63, 3.8) is 0 Å². The van der Waals surface area contributed by atoms with Crippen molar-refractivity contribution >= 4 is 33.3 Å². The van der Waals surface area contributed by atoms with Crippen LogP contribution >= 0.6 is 0 Å². The third-order valence-corrected chi connectivity index (χ3v) is 6.92. The zero-order chi connectivity index (χ0) is 25.8. The van der Waals surface area contributed by atoms with Crippen LogP contribution in [0.1, 0.15) is 41.6 Å². The van der Waals surface area contributed by atoms with Crippen LogP contribution in [0, 0.1) is 0 Å². The van der Waals surface area contributed by atoms with Gasteiger partial charge >= 0.3 is 6.18 Å². The Morgan fingerprint density at radius 3 is 2.42 bits per heavy atom. The molecule has 0 saturated carbocycles.